The standard InChI is InChI=1S/C12H17NO3/c1-5-16-12(15)9(4)11(14)10-7(2)6-8(3)13-10/h6,9,13H,5H2,1-4H3. The molecule has 88 valence electrons. The van der Waals surface area contributed by atoms with Gasteiger partial charge in [-0.05, 0) is 39.3 Å². The van der Waals surface area contributed by atoms with Gasteiger partial charge in [0.15, 0.2) is 5.78 Å². The maximum Gasteiger partial charge on any atom is 0.316 e. The predicted octanol–water partition coefficient (Wildman–Crippen LogP) is 2.01. The molecule has 0 aliphatic rings. The van der Waals surface area contributed by atoms with E-state index in [2.05, 4.69) is 4.98 Å². The van der Waals surface area contributed by atoms with Crippen molar-refractivity contribution in [2.45, 2.75) is 27.7 Å². The van der Waals surface area contributed by atoms with Crippen LogP contribution in [0.2, 0.25) is 0 Å². The van der Waals surface area contributed by atoms with Gasteiger partial charge in [0.2, 0.25) is 0 Å². The first-order chi connectivity index (χ1) is 7.47. The van der Waals surface area contributed by atoms with Gasteiger partial charge >= 0.3 is 5.97 Å². The van der Waals surface area contributed by atoms with Gasteiger partial charge in [-0.25, -0.2) is 0 Å². The number of Topliss-reactive ketones (excluding diaryl/α,β-unsaturated/α-hetero) is 1. The van der Waals surface area contributed by atoms with Crippen molar-refractivity contribution >= 4 is 11.8 Å². The average molecular weight is 223 g/mol. The number of hydrogen-bond donors (Lipinski definition) is 1. The lowest BCUT2D eigenvalue weighted by atomic mass is 10.0. The van der Waals surface area contributed by atoms with Gasteiger partial charge in [-0.2, -0.15) is 0 Å². The monoisotopic (exact) mass is 223 g/mol. The van der Waals surface area contributed by atoms with E-state index in [-0.39, 0.29) is 5.78 Å². The Morgan fingerprint density at radius 3 is 2.50 bits per heavy atom. The molecule has 0 saturated carbocycles. The van der Waals surface area contributed by atoms with Crippen LogP contribution in [0.5, 0.6) is 0 Å². The van der Waals surface area contributed by atoms with Gasteiger partial charge in [0, 0.05) is 5.69 Å². The maximum atomic E-state index is 12.0. The number of aryl methyl sites for hydroxylation is 2. The van der Waals surface area contributed by atoms with Crippen molar-refractivity contribution in [3.8, 4) is 0 Å². The van der Waals surface area contributed by atoms with Crippen molar-refractivity contribution in [2.75, 3.05) is 6.61 Å². The molecule has 0 saturated heterocycles. The number of aromatic amines is 1. The van der Waals surface area contributed by atoms with Gasteiger partial charge in [0.25, 0.3) is 0 Å². The fourth-order valence-corrected chi connectivity index (χ4v) is 1.58. The SMILES string of the molecule is CCOC(=O)C(C)C(=O)c1[nH]c(C)cc1C. The lowest BCUT2D eigenvalue weighted by molar-refractivity contribution is -0.145. The Bertz CT molecular complexity index is 406. The molecule has 4 heteroatoms. The van der Waals surface area contributed by atoms with Crippen molar-refractivity contribution in [1.82, 2.24) is 4.98 Å². The number of aromatic nitrogens is 1. The van der Waals surface area contributed by atoms with Crippen molar-refractivity contribution < 1.29 is 14.3 Å². The summed E-state index contributed by atoms with van der Waals surface area (Å²) in [6.45, 7) is 7.29. The van der Waals surface area contributed by atoms with Crippen LogP contribution in [0, 0.1) is 19.8 Å². The highest BCUT2D eigenvalue weighted by molar-refractivity contribution is 6.08. The van der Waals surface area contributed by atoms with E-state index in [1.807, 2.05) is 19.9 Å². The molecule has 4 nitrogen and oxygen atoms in total. The summed E-state index contributed by atoms with van der Waals surface area (Å²) in [4.78, 5) is 26.3. The van der Waals surface area contributed by atoms with Gasteiger partial charge in [0.05, 0.1) is 12.3 Å². The molecule has 0 radical (unpaired) electrons. The number of hydrogen-bond acceptors (Lipinski definition) is 3. The Hall–Kier alpha value is -1.58. The van der Waals surface area contributed by atoms with Crippen LogP contribution in [-0.4, -0.2) is 23.3 Å². The van der Waals surface area contributed by atoms with Crippen LogP contribution in [0.15, 0.2) is 6.07 Å². The van der Waals surface area contributed by atoms with E-state index >= 15 is 0 Å². The van der Waals surface area contributed by atoms with Crippen LogP contribution in [0.4, 0.5) is 0 Å². The molecule has 1 N–H and O–H groups in total. The van der Waals surface area contributed by atoms with Crippen molar-refractivity contribution in [3.05, 3.63) is 23.0 Å². The van der Waals surface area contributed by atoms with Crippen LogP contribution in [0.1, 0.15) is 35.6 Å². The van der Waals surface area contributed by atoms with Crippen molar-refractivity contribution in [1.29, 1.82) is 0 Å². The molecule has 1 aromatic rings. The first-order valence-corrected chi connectivity index (χ1v) is 5.34. The lowest BCUT2D eigenvalue weighted by Crippen LogP contribution is -2.24. The number of H-pyrrole nitrogens is 1. The number of nitrogens with one attached hydrogen (secondary N) is 1. The number of ketones is 1. The summed E-state index contributed by atoms with van der Waals surface area (Å²) >= 11 is 0. The summed E-state index contributed by atoms with van der Waals surface area (Å²) in [5, 5.41) is 0. The quantitative estimate of drug-likeness (QED) is 0.482. The Morgan fingerprint density at radius 1 is 1.44 bits per heavy atom. The molecule has 16 heavy (non-hydrogen) atoms. The van der Waals surface area contributed by atoms with E-state index in [1.165, 1.54) is 0 Å². The minimum absolute atomic E-state index is 0.218. The molecule has 0 aromatic carbocycles. The third-order valence-corrected chi connectivity index (χ3v) is 2.43. The zero-order valence-electron chi connectivity index (χ0n) is 10.1. The second kappa shape index (κ2) is 4.96. The molecule has 1 heterocycles. The third kappa shape index (κ3) is 2.51. The molecule has 1 atom stereocenters. The molecule has 0 bridgehead atoms. The Kier molecular flexibility index (Phi) is 3.88. The van der Waals surface area contributed by atoms with Gasteiger partial charge in [-0.3, -0.25) is 9.59 Å². The minimum Gasteiger partial charge on any atom is -0.465 e. The van der Waals surface area contributed by atoms with Crippen LogP contribution in [-0.2, 0) is 9.53 Å². The summed E-state index contributed by atoms with van der Waals surface area (Å²) in [6, 6.07) is 1.88. The van der Waals surface area contributed by atoms with Gasteiger partial charge < -0.3 is 9.72 Å². The van der Waals surface area contributed by atoms with E-state index < -0.39 is 11.9 Å². The molecule has 0 aliphatic heterocycles. The molecule has 1 unspecified atom stereocenters. The minimum atomic E-state index is -0.753. The molecule has 1 aromatic heterocycles. The second-order valence-electron chi connectivity index (χ2n) is 3.85. The number of rotatable bonds is 4. The number of esters is 1. The fraction of sp³-hybridized carbons (Fsp3) is 0.500. The topological polar surface area (TPSA) is 59.2 Å². The van der Waals surface area contributed by atoms with Gasteiger partial charge in [0.1, 0.15) is 5.92 Å². The Morgan fingerprint density at radius 2 is 2.06 bits per heavy atom. The summed E-state index contributed by atoms with van der Waals surface area (Å²) in [6.07, 6.45) is 0. The first kappa shape index (κ1) is 12.5. The van der Waals surface area contributed by atoms with Crippen molar-refractivity contribution in [3.63, 3.8) is 0 Å². The largest absolute Gasteiger partial charge is 0.465 e. The van der Waals surface area contributed by atoms with E-state index in [1.54, 1.807) is 13.8 Å². The molecular formula is C12H17NO3. The van der Waals surface area contributed by atoms with E-state index in [0.29, 0.717) is 12.3 Å². The summed E-state index contributed by atoms with van der Waals surface area (Å²) in [7, 11) is 0. The second-order valence-corrected chi connectivity index (χ2v) is 3.85. The first-order valence-electron chi connectivity index (χ1n) is 5.34. The number of carbonyl (C=O) groups excluding carboxylic acids is 2. The number of ether oxygens (including phenoxy) is 1. The third-order valence-electron chi connectivity index (χ3n) is 2.43. The maximum absolute atomic E-state index is 12.0. The molecule has 0 amide bonds. The summed E-state index contributed by atoms with van der Waals surface area (Å²) in [5.41, 5.74) is 2.27. The highest BCUT2D eigenvalue weighted by Gasteiger charge is 2.26. The molecule has 1 rings (SSSR count). The highest BCUT2D eigenvalue weighted by atomic mass is 16.5. The molecular weight excluding hydrogens is 206 g/mol. The van der Waals surface area contributed by atoms with Crippen LogP contribution in [0.3, 0.4) is 0 Å². The highest BCUT2D eigenvalue weighted by Crippen LogP contribution is 2.15. The molecule has 0 spiro atoms. The normalized spacial score (nSPS) is 12.2. The van der Waals surface area contributed by atoms with Crippen LogP contribution < -0.4 is 0 Å². The lowest BCUT2D eigenvalue weighted by Gasteiger charge is -2.08. The average Bonchev–Trinajstić information content (AvgIpc) is 2.56. The summed E-state index contributed by atoms with van der Waals surface area (Å²) in [5.74, 6) is -1.44. The summed E-state index contributed by atoms with van der Waals surface area (Å²) < 4.78 is 4.82. The zero-order chi connectivity index (χ0) is 12.3. The van der Waals surface area contributed by atoms with Gasteiger partial charge in [-0.15, -0.1) is 0 Å². The van der Waals surface area contributed by atoms with E-state index in [0.717, 1.165) is 11.3 Å². The molecule has 0 fully saturated rings. The molecule has 0 aliphatic carbocycles. The fourth-order valence-electron chi connectivity index (χ4n) is 1.58. The van der Waals surface area contributed by atoms with Crippen LogP contribution >= 0.6 is 0 Å². The smallest absolute Gasteiger partial charge is 0.316 e. The predicted molar refractivity (Wildman–Crippen MR) is 60.4 cm³/mol. The Balaban J connectivity index is 2.86. The van der Waals surface area contributed by atoms with Crippen molar-refractivity contribution in [2.24, 2.45) is 5.92 Å². The van der Waals surface area contributed by atoms with Gasteiger partial charge in [-0.1, -0.05) is 0 Å². The van der Waals surface area contributed by atoms with E-state index in [9.17, 15) is 9.59 Å². The Labute approximate surface area is 95.0 Å². The van der Waals surface area contributed by atoms with E-state index in [4.69, 9.17) is 4.74 Å². The number of carbonyl (C=O) groups is 2. The zero-order valence-corrected chi connectivity index (χ0v) is 10.1. The van der Waals surface area contributed by atoms with Crippen LogP contribution in [0.25, 0.3) is 0 Å².